The smallest absolute Gasteiger partial charge is 0.289 e. The maximum Gasteiger partial charge on any atom is 0.289 e. The topological polar surface area (TPSA) is 58.8 Å². The van der Waals surface area contributed by atoms with Gasteiger partial charge in [0.2, 0.25) is 0 Å². The lowest BCUT2D eigenvalue weighted by Crippen LogP contribution is -2.39. The number of para-hydroxylation sites is 1. The number of pyridine rings is 1. The summed E-state index contributed by atoms with van der Waals surface area (Å²) in [5, 5.41) is 0.947. The minimum atomic E-state index is -0.0741. The fourth-order valence-corrected chi connectivity index (χ4v) is 3.51. The van der Waals surface area contributed by atoms with E-state index in [1.165, 1.54) is 0 Å². The summed E-state index contributed by atoms with van der Waals surface area (Å²) in [5.41, 5.74) is 1.80. The largest absolute Gasteiger partial charge is 0.451 e. The fourth-order valence-electron chi connectivity index (χ4n) is 3.51. The van der Waals surface area contributed by atoms with Gasteiger partial charge in [-0.1, -0.05) is 18.2 Å². The number of ether oxygens (including phenoxy) is 1. The number of nitrogens with zero attached hydrogens (tertiary/aromatic N) is 3. The van der Waals surface area contributed by atoms with Crippen molar-refractivity contribution in [2.75, 3.05) is 39.4 Å². The molecule has 1 aliphatic heterocycles. The number of carbonyl (C=O) groups is 1. The van der Waals surface area contributed by atoms with E-state index < -0.39 is 0 Å². The first-order chi connectivity index (χ1) is 13.8. The molecule has 4 rings (SSSR count). The van der Waals surface area contributed by atoms with Crippen molar-refractivity contribution in [3.05, 3.63) is 66.2 Å². The number of carbonyl (C=O) groups excluding carboxylic acids is 1. The van der Waals surface area contributed by atoms with Gasteiger partial charge < -0.3 is 14.1 Å². The molecule has 3 heterocycles. The SMILES string of the molecule is O=C(c1cc2ccccc2o1)N(CCCN1CCOCC1)Cc1ccncc1. The van der Waals surface area contributed by atoms with Crippen molar-refractivity contribution in [3.8, 4) is 0 Å². The van der Waals surface area contributed by atoms with Crippen molar-refractivity contribution >= 4 is 16.9 Å². The molecule has 1 saturated heterocycles. The van der Waals surface area contributed by atoms with Crippen molar-refractivity contribution in [2.45, 2.75) is 13.0 Å². The van der Waals surface area contributed by atoms with Crippen molar-refractivity contribution in [2.24, 2.45) is 0 Å². The van der Waals surface area contributed by atoms with E-state index in [2.05, 4.69) is 9.88 Å². The van der Waals surface area contributed by atoms with E-state index in [1.54, 1.807) is 12.4 Å². The minimum absolute atomic E-state index is 0.0741. The molecule has 0 aliphatic carbocycles. The van der Waals surface area contributed by atoms with Gasteiger partial charge in [-0.05, 0) is 36.2 Å². The molecule has 2 aromatic heterocycles. The first kappa shape index (κ1) is 18.7. The van der Waals surface area contributed by atoms with Gasteiger partial charge in [0.1, 0.15) is 5.58 Å². The van der Waals surface area contributed by atoms with E-state index in [0.29, 0.717) is 18.8 Å². The molecule has 6 nitrogen and oxygen atoms in total. The molecule has 6 heteroatoms. The molecule has 0 spiro atoms. The molecule has 146 valence electrons. The molecule has 0 unspecified atom stereocenters. The van der Waals surface area contributed by atoms with Gasteiger partial charge >= 0.3 is 0 Å². The van der Waals surface area contributed by atoms with Gasteiger partial charge in [-0.15, -0.1) is 0 Å². The van der Waals surface area contributed by atoms with E-state index >= 15 is 0 Å². The lowest BCUT2D eigenvalue weighted by atomic mass is 10.2. The molecule has 0 saturated carbocycles. The molecular formula is C22H25N3O3. The maximum absolute atomic E-state index is 13.2. The van der Waals surface area contributed by atoms with Crippen LogP contribution in [0.4, 0.5) is 0 Å². The summed E-state index contributed by atoms with van der Waals surface area (Å²) >= 11 is 0. The maximum atomic E-state index is 13.2. The van der Waals surface area contributed by atoms with Crippen LogP contribution in [0.3, 0.4) is 0 Å². The van der Waals surface area contributed by atoms with E-state index in [1.807, 2.05) is 47.4 Å². The second-order valence-corrected chi connectivity index (χ2v) is 7.04. The van der Waals surface area contributed by atoms with Crippen LogP contribution in [-0.2, 0) is 11.3 Å². The van der Waals surface area contributed by atoms with Crippen LogP contribution in [0.1, 0.15) is 22.5 Å². The molecule has 0 bridgehead atoms. The number of aromatic nitrogens is 1. The highest BCUT2D eigenvalue weighted by Crippen LogP contribution is 2.21. The monoisotopic (exact) mass is 379 g/mol. The Hall–Kier alpha value is -2.70. The number of hydrogen-bond acceptors (Lipinski definition) is 5. The molecule has 0 atom stereocenters. The Morgan fingerprint density at radius 3 is 2.68 bits per heavy atom. The average Bonchev–Trinajstić information content (AvgIpc) is 3.18. The Bertz CT molecular complexity index is 871. The number of hydrogen-bond donors (Lipinski definition) is 0. The second kappa shape index (κ2) is 8.99. The van der Waals surface area contributed by atoms with Gasteiger partial charge in [0.05, 0.1) is 13.2 Å². The lowest BCUT2D eigenvalue weighted by molar-refractivity contribution is 0.0354. The van der Waals surface area contributed by atoms with Crippen LogP contribution >= 0.6 is 0 Å². The predicted octanol–water partition coefficient (Wildman–Crippen LogP) is 3.19. The highest BCUT2D eigenvalue weighted by atomic mass is 16.5. The zero-order chi connectivity index (χ0) is 19.2. The summed E-state index contributed by atoms with van der Waals surface area (Å²) in [5.74, 6) is 0.316. The molecule has 28 heavy (non-hydrogen) atoms. The lowest BCUT2D eigenvalue weighted by Gasteiger charge is -2.28. The van der Waals surface area contributed by atoms with Crippen molar-refractivity contribution < 1.29 is 13.9 Å². The van der Waals surface area contributed by atoms with Gasteiger partial charge in [0.25, 0.3) is 5.91 Å². The third kappa shape index (κ3) is 4.58. The highest BCUT2D eigenvalue weighted by molar-refractivity contribution is 5.96. The summed E-state index contributed by atoms with van der Waals surface area (Å²) in [7, 11) is 0. The van der Waals surface area contributed by atoms with Crippen LogP contribution in [0.5, 0.6) is 0 Å². The minimum Gasteiger partial charge on any atom is -0.451 e. The van der Waals surface area contributed by atoms with Gasteiger partial charge in [-0.2, -0.15) is 0 Å². The number of fused-ring (bicyclic) bond motifs is 1. The van der Waals surface area contributed by atoms with Crippen LogP contribution in [0.25, 0.3) is 11.0 Å². The third-order valence-corrected chi connectivity index (χ3v) is 5.05. The highest BCUT2D eigenvalue weighted by Gasteiger charge is 2.21. The average molecular weight is 379 g/mol. The van der Waals surface area contributed by atoms with Gasteiger partial charge in [0.15, 0.2) is 5.76 Å². The zero-order valence-electron chi connectivity index (χ0n) is 15.9. The van der Waals surface area contributed by atoms with Crippen LogP contribution < -0.4 is 0 Å². The quantitative estimate of drug-likeness (QED) is 0.631. The molecule has 1 aromatic carbocycles. The molecule has 1 amide bonds. The van der Waals surface area contributed by atoms with E-state index in [9.17, 15) is 4.79 Å². The zero-order valence-corrected chi connectivity index (χ0v) is 15.9. The molecule has 1 aliphatic rings. The Morgan fingerprint density at radius 2 is 1.89 bits per heavy atom. The first-order valence-corrected chi connectivity index (χ1v) is 9.76. The number of rotatable bonds is 7. The molecule has 0 radical (unpaired) electrons. The van der Waals surface area contributed by atoms with Crippen LogP contribution in [0.2, 0.25) is 0 Å². The van der Waals surface area contributed by atoms with E-state index in [-0.39, 0.29) is 5.91 Å². The summed E-state index contributed by atoms with van der Waals surface area (Å²) in [4.78, 5) is 21.5. The van der Waals surface area contributed by atoms with Gasteiger partial charge in [0, 0.05) is 50.5 Å². The van der Waals surface area contributed by atoms with Crippen molar-refractivity contribution in [3.63, 3.8) is 0 Å². The van der Waals surface area contributed by atoms with Crippen LogP contribution in [-0.4, -0.2) is 60.1 Å². The standard InChI is InChI=1S/C22H25N3O3/c26-22(21-16-19-4-1-2-5-20(19)28-21)25(17-18-6-8-23-9-7-18)11-3-10-24-12-14-27-15-13-24/h1-2,4-9,16H,3,10-15,17H2. The summed E-state index contributed by atoms with van der Waals surface area (Å²) < 4.78 is 11.2. The Labute approximate surface area is 164 Å². The van der Waals surface area contributed by atoms with E-state index in [4.69, 9.17) is 9.15 Å². The summed E-state index contributed by atoms with van der Waals surface area (Å²) in [6.07, 6.45) is 4.43. The second-order valence-electron chi connectivity index (χ2n) is 7.04. The molecule has 3 aromatic rings. The number of morpholine rings is 1. The van der Waals surface area contributed by atoms with Gasteiger partial charge in [-0.25, -0.2) is 0 Å². The number of benzene rings is 1. The Balaban J connectivity index is 1.46. The number of furan rings is 1. The first-order valence-electron chi connectivity index (χ1n) is 9.76. The Morgan fingerprint density at radius 1 is 1.11 bits per heavy atom. The van der Waals surface area contributed by atoms with Crippen molar-refractivity contribution in [1.82, 2.24) is 14.8 Å². The molecule has 1 fully saturated rings. The molecular weight excluding hydrogens is 354 g/mol. The third-order valence-electron chi connectivity index (χ3n) is 5.05. The Kier molecular flexibility index (Phi) is 5.99. The fraction of sp³-hybridized carbons (Fsp3) is 0.364. The number of amides is 1. The summed E-state index contributed by atoms with van der Waals surface area (Å²) in [6, 6.07) is 13.4. The van der Waals surface area contributed by atoms with Crippen LogP contribution in [0, 0.1) is 0 Å². The predicted molar refractivity (Wildman–Crippen MR) is 107 cm³/mol. The summed E-state index contributed by atoms with van der Waals surface area (Å²) in [6.45, 7) is 5.68. The van der Waals surface area contributed by atoms with Gasteiger partial charge in [-0.3, -0.25) is 14.7 Å². The normalized spacial score (nSPS) is 15.0. The van der Waals surface area contributed by atoms with Crippen molar-refractivity contribution in [1.29, 1.82) is 0 Å². The van der Waals surface area contributed by atoms with E-state index in [0.717, 1.165) is 55.8 Å². The van der Waals surface area contributed by atoms with Crippen LogP contribution in [0.15, 0.2) is 59.3 Å². The molecule has 0 N–H and O–H groups in total.